The Morgan fingerprint density at radius 1 is 1.00 bits per heavy atom. The van der Waals surface area contributed by atoms with Crippen molar-refractivity contribution in [3.63, 3.8) is 0 Å². The minimum atomic E-state index is 0.412. The highest BCUT2D eigenvalue weighted by atomic mass is 16.5. The van der Waals surface area contributed by atoms with Crippen molar-refractivity contribution in [1.82, 2.24) is 9.80 Å². The molecule has 0 spiro atoms. The van der Waals surface area contributed by atoms with Gasteiger partial charge in [-0.1, -0.05) is 12.8 Å². The fourth-order valence-corrected chi connectivity index (χ4v) is 3.22. The van der Waals surface area contributed by atoms with Gasteiger partial charge in [0.15, 0.2) is 0 Å². The van der Waals surface area contributed by atoms with Crippen LogP contribution in [0, 0.1) is 0 Å². The Bertz CT molecular complexity index is 224. The van der Waals surface area contributed by atoms with Crippen LogP contribution >= 0.6 is 0 Å². The van der Waals surface area contributed by atoms with Gasteiger partial charge < -0.3 is 4.74 Å². The number of nitrogens with zero attached hydrogens (tertiary/aromatic N) is 2. The zero-order valence-electron chi connectivity index (χ0n) is 11.7. The lowest BCUT2D eigenvalue weighted by Gasteiger charge is -2.30. The largest absolute Gasteiger partial charge is 0.378 e. The summed E-state index contributed by atoms with van der Waals surface area (Å²) in [5.41, 5.74) is 0. The number of methoxy groups -OCH3 is 1. The topological polar surface area (TPSA) is 15.7 Å². The molecule has 2 unspecified atom stereocenters. The number of ether oxygens (including phenoxy) is 1. The van der Waals surface area contributed by atoms with Crippen LogP contribution < -0.4 is 0 Å². The van der Waals surface area contributed by atoms with E-state index in [0.29, 0.717) is 18.2 Å². The summed E-state index contributed by atoms with van der Waals surface area (Å²) in [6, 6.07) is 1.27. The Morgan fingerprint density at radius 3 is 2.18 bits per heavy atom. The van der Waals surface area contributed by atoms with Gasteiger partial charge in [0.2, 0.25) is 0 Å². The lowest BCUT2D eigenvalue weighted by atomic mass is 10.1. The van der Waals surface area contributed by atoms with Crippen LogP contribution in [0.15, 0.2) is 0 Å². The van der Waals surface area contributed by atoms with E-state index in [0.717, 1.165) is 6.54 Å². The van der Waals surface area contributed by atoms with E-state index in [9.17, 15) is 0 Å². The summed E-state index contributed by atoms with van der Waals surface area (Å²) in [5, 5.41) is 0. The van der Waals surface area contributed by atoms with Crippen LogP contribution in [0.3, 0.4) is 0 Å². The second kappa shape index (κ2) is 6.17. The highest BCUT2D eigenvalue weighted by Crippen LogP contribution is 2.23. The van der Waals surface area contributed by atoms with Gasteiger partial charge in [-0.3, -0.25) is 9.80 Å². The third-order valence-electron chi connectivity index (χ3n) is 4.41. The number of hydrogen-bond acceptors (Lipinski definition) is 3. The Hall–Kier alpha value is -0.120. The number of hydrogen-bond donors (Lipinski definition) is 0. The van der Waals surface area contributed by atoms with E-state index >= 15 is 0 Å². The molecule has 2 aliphatic rings. The van der Waals surface area contributed by atoms with E-state index in [1.807, 2.05) is 7.11 Å². The first-order chi connectivity index (χ1) is 8.22. The van der Waals surface area contributed by atoms with Crippen molar-refractivity contribution < 1.29 is 4.74 Å². The van der Waals surface area contributed by atoms with Crippen LogP contribution in [0.25, 0.3) is 0 Å². The summed E-state index contributed by atoms with van der Waals surface area (Å²) in [7, 11) is 1.87. The fourth-order valence-electron chi connectivity index (χ4n) is 3.22. The maximum atomic E-state index is 5.71. The maximum Gasteiger partial charge on any atom is 0.0865 e. The molecule has 2 saturated heterocycles. The Kier molecular flexibility index (Phi) is 4.83. The Labute approximate surface area is 106 Å². The molecule has 0 radical (unpaired) electrons. The lowest BCUT2D eigenvalue weighted by Crippen LogP contribution is -2.44. The molecule has 2 rings (SSSR count). The van der Waals surface area contributed by atoms with Gasteiger partial charge in [-0.05, 0) is 39.8 Å². The highest BCUT2D eigenvalue weighted by molar-refractivity contribution is 4.93. The van der Waals surface area contributed by atoms with E-state index in [-0.39, 0.29) is 0 Å². The molecule has 3 nitrogen and oxygen atoms in total. The molecule has 2 aliphatic heterocycles. The third kappa shape index (κ3) is 3.21. The fraction of sp³-hybridized carbons (Fsp3) is 1.00. The van der Waals surface area contributed by atoms with Gasteiger partial charge in [-0.2, -0.15) is 0 Å². The third-order valence-corrected chi connectivity index (χ3v) is 4.41. The minimum Gasteiger partial charge on any atom is -0.378 e. The molecule has 0 aliphatic carbocycles. The van der Waals surface area contributed by atoms with E-state index in [1.54, 1.807) is 0 Å². The summed E-state index contributed by atoms with van der Waals surface area (Å²) in [6.07, 6.45) is 5.97. The second-order valence-electron chi connectivity index (χ2n) is 5.84. The predicted octanol–water partition coefficient (Wildman–Crippen LogP) is 1.97. The van der Waals surface area contributed by atoms with Crippen LogP contribution in [-0.4, -0.2) is 61.3 Å². The first-order valence-electron chi connectivity index (χ1n) is 7.23. The minimum absolute atomic E-state index is 0.412. The zero-order chi connectivity index (χ0) is 12.3. The Balaban J connectivity index is 1.97. The van der Waals surface area contributed by atoms with Crippen molar-refractivity contribution in [3.05, 3.63) is 0 Å². The van der Waals surface area contributed by atoms with Crippen LogP contribution in [-0.2, 0) is 4.74 Å². The van der Waals surface area contributed by atoms with Gasteiger partial charge in [0, 0.05) is 32.3 Å². The second-order valence-corrected chi connectivity index (χ2v) is 5.84. The SMILES string of the molecule is COC1CN(C(C)C)CC1N1CCCCCC1. The van der Waals surface area contributed by atoms with E-state index in [4.69, 9.17) is 4.74 Å². The molecule has 0 N–H and O–H groups in total. The smallest absolute Gasteiger partial charge is 0.0865 e. The van der Waals surface area contributed by atoms with E-state index in [2.05, 4.69) is 23.6 Å². The van der Waals surface area contributed by atoms with Crippen molar-refractivity contribution in [1.29, 1.82) is 0 Å². The van der Waals surface area contributed by atoms with Crippen LogP contribution in [0.4, 0.5) is 0 Å². The molecule has 0 amide bonds. The first kappa shape index (κ1) is 13.3. The average molecular weight is 240 g/mol. The molecule has 0 saturated carbocycles. The van der Waals surface area contributed by atoms with Crippen molar-refractivity contribution in [2.75, 3.05) is 33.3 Å². The number of rotatable bonds is 3. The number of likely N-dealkylation sites (tertiary alicyclic amines) is 2. The van der Waals surface area contributed by atoms with Crippen LogP contribution in [0.5, 0.6) is 0 Å². The van der Waals surface area contributed by atoms with Crippen LogP contribution in [0.1, 0.15) is 39.5 Å². The normalized spacial score (nSPS) is 33.2. The molecule has 0 bridgehead atoms. The summed E-state index contributed by atoms with van der Waals surface area (Å²) < 4.78 is 5.71. The predicted molar refractivity (Wildman–Crippen MR) is 71.3 cm³/mol. The van der Waals surface area contributed by atoms with Gasteiger partial charge in [0.1, 0.15) is 0 Å². The molecule has 0 aromatic heterocycles. The molecule has 0 aromatic carbocycles. The quantitative estimate of drug-likeness (QED) is 0.750. The molecule has 100 valence electrons. The summed E-state index contributed by atoms with van der Waals surface area (Å²) in [4.78, 5) is 5.24. The first-order valence-corrected chi connectivity index (χ1v) is 7.23. The molecule has 3 heteroatoms. The highest BCUT2D eigenvalue weighted by Gasteiger charge is 2.37. The van der Waals surface area contributed by atoms with Crippen molar-refractivity contribution in [3.8, 4) is 0 Å². The van der Waals surface area contributed by atoms with Gasteiger partial charge in [-0.15, -0.1) is 0 Å². The van der Waals surface area contributed by atoms with Crippen molar-refractivity contribution >= 4 is 0 Å². The zero-order valence-corrected chi connectivity index (χ0v) is 11.7. The summed E-state index contributed by atoms with van der Waals surface area (Å²) in [6.45, 7) is 9.42. The van der Waals surface area contributed by atoms with Gasteiger partial charge in [0.05, 0.1) is 6.10 Å². The van der Waals surface area contributed by atoms with Crippen molar-refractivity contribution in [2.24, 2.45) is 0 Å². The standard InChI is InChI=1S/C14H28N2O/c1-12(2)16-10-13(14(11-16)17-3)15-8-6-4-5-7-9-15/h12-14H,4-11H2,1-3H3. The maximum absolute atomic E-state index is 5.71. The van der Waals surface area contributed by atoms with Gasteiger partial charge in [0.25, 0.3) is 0 Å². The van der Waals surface area contributed by atoms with Gasteiger partial charge >= 0.3 is 0 Å². The molecule has 2 heterocycles. The lowest BCUT2D eigenvalue weighted by molar-refractivity contribution is 0.0440. The Morgan fingerprint density at radius 2 is 1.65 bits per heavy atom. The summed E-state index contributed by atoms with van der Waals surface area (Å²) >= 11 is 0. The monoisotopic (exact) mass is 240 g/mol. The molecule has 2 fully saturated rings. The summed E-state index contributed by atoms with van der Waals surface area (Å²) in [5.74, 6) is 0. The van der Waals surface area contributed by atoms with Crippen LogP contribution in [0.2, 0.25) is 0 Å². The molecule has 17 heavy (non-hydrogen) atoms. The molecule has 0 aromatic rings. The molecular formula is C14H28N2O. The van der Waals surface area contributed by atoms with E-state index < -0.39 is 0 Å². The van der Waals surface area contributed by atoms with E-state index in [1.165, 1.54) is 45.3 Å². The van der Waals surface area contributed by atoms with Gasteiger partial charge in [-0.25, -0.2) is 0 Å². The van der Waals surface area contributed by atoms with Crippen molar-refractivity contribution in [2.45, 2.75) is 57.7 Å². The molecule has 2 atom stereocenters. The molecular weight excluding hydrogens is 212 g/mol. The average Bonchev–Trinajstić information content (AvgIpc) is 2.57.